The number of nitrogens with zero attached hydrogens (tertiary/aromatic N) is 5. The Balaban J connectivity index is 1.65. The van der Waals surface area contributed by atoms with Gasteiger partial charge in [-0.25, -0.2) is 9.97 Å². The molecule has 4 aromatic rings. The van der Waals surface area contributed by atoms with Crippen molar-refractivity contribution in [3.63, 3.8) is 0 Å². The Kier molecular flexibility index (Phi) is 4.65. The molecule has 136 valence electrons. The summed E-state index contributed by atoms with van der Waals surface area (Å²) in [7, 11) is 1.62. The van der Waals surface area contributed by atoms with Gasteiger partial charge >= 0.3 is 5.56 Å². The zero-order valence-electron chi connectivity index (χ0n) is 14.4. The minimum Gasteiger partial charge on any atom is -0.497 e. The minimum atomic E-state index is -0.302. The summed E-state index contributed by atoms with van der Waals surface area (Å²) in [6.45, 7) is 1.77. The average molecular weight is 398 g/mol. The van der Waals surface area contributed by atoms with Crippen molar-refractivity contribution < 1.29 is 4.74 Å². The highest BCUT2D eigenvalue weighted by Gasteiger charge is 2.15. The topological polar surface area (TPSA) is 97.5 Å². The average Bonchev–Trinajstić information content (AvgIpc) is 3.42. The number of benzene rings is 1. The summed E-state index contributed by atoms with van der Waals surface area (Å²) in [5.41, 5.74) is 2.28. The Hall–Kier alpha value is -3.11. The molecule has 0 unspecified atom stereocenters. The number of hydrogen-bond acceptors (Lipinski definition) is 8. The Morgan fingerprint density at radius 1 is 1.19 bits per heavy atom. The first-order valence-corrected chi connectivity index (χ1v) is 9.65. The van der Waals surface area contributed by atoms with Gasteiger partial charge in [0.05, 0.1) is 18.5 Å². The fourth-order valence-electron chi connectivity index (χ4n) is 2.41. The second-order valence-corrected chi connectivity index (χ2v) is 7.19. The van der Waals surface area contributed by atoms with E-state index in [1.54, 1.807) is 25.6 Å². The lowest BCUT2D eigenvalue weighted by Crippen LogP contribution is -2.13. The Bertz CT molecular complexity index is 1140. The van der Waals surface area contributed by atoms with E-state index in [0.717, 1.165) is 17.0 Å². The van der Waals surface area contributed by atoms with Crippen LogP contribution < -0.4 is 10.3 Å². The molecule has 1 N–H and O–H groups in total. The molecule has 0 bridgehead atoms. The van der Waals surface area contributed by atoms with Gasteiger partial charge in [-0.3, -0.25) is 9.89 Å². The first-order chi connectivity index (χ1) is 13.2. The summed E-state index contributed by atoms with van der Waals surface area (Å²) >= 11 is 2.72. The standard InChI is InChI=1S/C17H14N6O2S2/c1-10-14(20-21-16-18-7-8-26-16)15(24)23(22-10)17-19-13(9-27-17)11-3-5-12(25-2)6-4-11/h3-9,22H,1-2H3. The van der Waals surface area contributed by atoms with Crippen molar-refractivity contribution >= 4 is 33.5 Å². The lowest BCUT2D eigenvalue weighted by Gasteiger charge is -2.00. The van der Waals surface area contributed by atoms with Gasteiger partial charge in [0.2, 0.25) is 10.3 Å². The van der Waals surface area contributed by atoms with Gasteiger partial charge in [0.25, 0.3) is 0 Å². The van der Waals surface area contributed by atoms with Crippen LogP contribution in [0.15, 0.2) is 56.2 Å². The number of aryl methyl sites for hydroxylation is 1. The molecule has 3 heterocycles. The molecule has 1 aromatic carbocycles. The van der Waals surface area contributed by atoms with Crippen molar-refractivity contribution in [3.8, 4) is 22.1 Å². The van der Waals surface area contributed by atoms with Crippen LogP contribution >= 0.6 is 22.7 Å². The molecular formula is C17H14N6O2S2. The molecule has 27 heavy (non-hydrogen) atoms. The molecule has 0 amide bonds. The van der Waals surface area contributed by atoms with Crippen LogP contribution in [0.1, 0.15) is 5.69 Å². The molecule has 0 aliphatic rings. The van der Waals surface area contributed by atoms with Crippen molar-refractivity contribution in [2.24, 2.45) is 10.2 Å². The monoisotopic (exact) mass is 398 g/mol. The highest BCUT2D eigenvalue weighted by molar-refractivity contribution is 7.13. The maximum Gasteiger partial charge on any atom is 0.301 e. The van der Waals surface area contributed by atoms with Crippen molar-refractivity contribution in [3.05, 3.63) is 57.3 Å². The first-order valence-electron chi connectivity index (χ1n) is 7.89. The molecule has 4 rings (SSSR count). The lowest BCUT2D eigenvalue weighted by atomic mass is 10.2. The van der Waals surface area contributed by atoms with Crippen LogP contribution in [0.3, 0.4) is 0 Å². The van der Waals surface area contributed by atoms with Gasteiger partial charge in [-0.15, -0.1) is 32.9 Å². The quantitative estimate of drug-likeness (QED) is 0.501. The van der Waals surface area contributed by atoms with E-state index in [1.165, 1.54) is 27.4 Å². The lowest BCUT2D eigenvalue weighted by molar-refractivity contribution is 0.415. The number of rotatable bonds is 5. The summed E-state index contributed by atoms with van der Waals surface area (Å²) in [6.07, 6.45) is 1.64. The summed E-state index contributed by atoms with van der Waals surface area (Å²) in [4.78, 5) is 21.3. The number of hydrogen-bond donors (Lipinski definition) is 1. The Labute approximate surface area is 161 Å². The number of ether oxygens (including phenoxy) is 1. The predicted octanol–water partition coefficient (Wildman–Crippen LogP) is 4.48. The Morgan fingerprint density at radius 2 is 2.00 bits per heavy atom. The summed E-state index contributed by atoms with van der Waals surface area (Å²) in [5.74, 6) is 0.778. The Morgan fingerprint density at radius 3 is 2.70 bits per heavy atom. The van der Waals surface area contributed by atoms with E-state index in [9.17, 15) is 4.79 Å². The molecule has 0 aliphatic carbocycles. The number of aromatic amines is 1. The first kappa shape index (κ1) is 17.3. The molecule has 0 aliphatic heterocycles. The van der Waals surface area contributed by atoms with E-state index in [2.05, 4.69) is 25.3 Å². The van der Waals surface area contributed by atoms with Gasteiger partial charge in [0, 0.05) is 22.5 Å². The third-order valence-corrected chi connectivity index (χ3v) is 5.25. The van der Waals surface area contributed by atoms with Crippen LogP contribution in [0.5, 0.6) is 5.75 Å². The normalized spacial score (nSPS) is 11.3. The zero-order valence-corrected chi connectivity index (χ0v) is 16.0. The van der Waals surface area contributed by atoms with Gasteiger partial charge in [0.15, 0.2) is 5.69 Å². The third kappa shape index (κ3) is 3.44. The number of H-pyrrole nitrogens is 1. The van der Waals surface area contributed by atoms with Crippen LogP contribution in [-0.4, -0.2) is 26.9 Å². The van der Waals surface area contributed by atoms with Gasteiger partial charge < -0.3 is 4.74 Å². The maximum absolute atomic E-state index is 12.7. The minimum absolute atomic E-state index is 0.242. The molecular weight excluding hydrogens is 384 g/mol. The summed E-state index contributed by atoms with van der Waals surface area (Å²) < 4.78 is 6.55. The fourth-order valence-corrected chi connectivity index (χ4v) is 3.65. The van der Waals surface area contributed by atoms with E-state index in [1.807, 2.05) is 29.6 Å². The molecule has 0 spiro atoms. The molecule has 0 saturated carbocycles. The second-order valence-electron chi connectivity index (χ2n) is 5.48. The third-order valence-electron chi connectivity index (χ3n) is 3.76. The second kappa shape index (κ2) is 7.25. The van der Waals surface area contributed by atoms with E-state index in [4.69, 9.17) is 4.74 Å². The van der Waals surface area contributed by atoms with E-state index in [-0.39, 0.29) is 11.2 Å². The van der Waals surface area contributed by atoms with Gasteiger partial charge in [0.1, 0.15) is 5.75 Å². The van der Waals surface area contributed by atoms with Crippen LogP contribution in [0, 0.1) is 6.92 Å². The fraction of sp³-hybridized carbons (Fsp3) is 0.118. The van der Waals surface area contributed by atoms with E-state index in [0.29, 0.717) is 16.0 Å². The highest BCUT2D eigenvalue weighted by atomic mass is 32.1. The molecule has 0 radical (unpaired) electrons. The predicted molar refractivity (Wildman–Crippen MR) is 105 cm³/mol. The van der Waals surface area contributed by atoms with Crippen molar-refractivity contribution in [2.75, 3.05) is 7.11 Å². The molecule has 0 fully saturated rings. The molecule has 3 aromatic heterocycles. The van der Waals surface area contributed by atoms with Crippen LogP contribution in [0.4, 0.5) is 10.8 Å². The molecule has 0 atom stereocenters. The largest absolute Gasteiger partial charge is 0.497 e. The van der Waals surface area contributed by atoms with E-state index >= 15 is 0 Å². The van der Waals surface area contributed by atoms with Gasteiger partial charge in [-0.1, -0.05) is 0 Å². The number of nitrogens with one attached hydrogen (secondary N) is 1. The van der Waals surface area contributed by atoms with Crippen LogP contribution in [0.25, 0.3) is 16.4 Å². The van der Waals surface area contributed by atoms with E-state index < -0.39 is 0 Å². The zero-order chi connectivity index (χ0) is 18.8. The van der Waals surface area contributed by atoms with Crippen molar-refractivity contribution in [1.29, 1.82) is 0 Å². The number of thiazole rings is 2. The number of methoxy groups -OCH3 is 1. The maximum atomic E-state index is 12.7. The van der Waals surface area contributed by atoms with Crippen molar-refractivity contribution in [1.82, 2.24) is 19.7 Å². The number of aromatic nitrogens is 4. The SMILES string of the molecule is COc1ccc(-c2csc(-n3[nH]c(C)c(N=Nc4nccs4)c3=O)n2)cc1. The molecule has 8 nitrogen and oxygen atoms in total. The number of azo groups is 1. The summed E-state index contributed by atoms with van der Waals surface area (Å²) in [5, 5.41) is 15.8. The van der Waals surface area contributed by atoms with Crippen LogP contribution in [0.2, 0.25) is 0 Å². The summed E-state index contributed by atoms with van der Waals surface area (Å²) in [6, 6.07) is 7.59. The van der Waals surface area contributed by atoms with Crippen molar-refractivity contribution in [2.45, 2.75) is 6.92 Å². The smallest absolute Gasteiger partial charge is 0.301 e. The van der Waals surface area contributed by atoms with Gasteiger partial charge in [-0.05, 0) is 31.2 Å². The molecule has 0 saturated heterocycles. The van der Waals surface area contributed by atoms with Crippen LogP contribution in [-0.2, 0) is 0 Å². The van der Waals surface area contributed by atoms with Gasteiger partial charge in [-0.2, -0.15) is 4.68 Å². The molecule has 10 heteroatoms. The highest BCUT2D eigenvalue weighted by Crippen LogP contribution is 2.26.